The van der Waals surface area contributed by atoms with Gasteiger partial charge in [-0.15, -0.1) is 0 Å². The maximum absolute atomic E-state index is 14.0. The molecule has 1 atom stereocenters. The van der Waals surface area contributed by atoms with Gasteiger partial charge in [-0.1, -0.05) is 18.2 Å². The molecule has 9 heteroatoms. The minimum absolute atomic E-state index is 0.0256. The summed E-state index contributed by atoms with van der Waals surface area (Å²) >= 11 is 0. The highest BCUT2D eigenvalue weighted by molar-refractivity contribution is 7.92. The molecule has 27 heavy (non-hydrogen) atoms. The summed E-state index contributed by atoms with van der Waals surface area (Å²) in [5.74, 6) is -0.798. The Morgan fingerprint density at radius 2 is 1.78 bits per heavy atom. The van der Waals surface area contributed by atoms with Gasteiger partial charge in [0.05, 0.1) is 21.6 Å². The van der Waals surface area contributed by atoms with Crippen molar-refractivity contribution in [2.24, 2.45) is 0 Å². The van der Waals surface area contributed by atoms with Crippen LogP contribution in [0.3, 0.4) is 0 Å². The van der Waals surface area contributed by atoms with Crippen LogP contribution in [-0.2, 0) is 19.9 Å². The summed E-state index contributed by atoms with van der Waals surface area (Å²) in [6.45, 7) is 1.86. The van der Waals surface area contributed by atoms with E-state index in [4.69, 9.17) is 4.74 Å². The summed E-state index contributed by atoms with van der Waals surface area (Å²) < 4.78 is 71.2. The van der Waals surface area contributed by atoms with Crippen LogP contribution in [0.25, 0.3) is 0 Å². The smallest absolute Gasteiger partial charge is 0.243 e. The number of ether oxygens (including phenoxy) is 1. The van der Waals surface area contributed by atoms with Gasteiger partial charge in [-0.25, -0.2) is 21.2 Å². The molecule has 0 aliphatic carbocycles. The first-order chi connectivity index (χ1) is 12.8. The number of sulfonamides is 1. The molecule has 3 rings (SSSR count). The van der Waals surface area contributed by atoms with E-state index >= 15 is 0 Å². The molecule has 1 aliphatic rings. The number of halogens is 1. The van der Waals surface area contributed by atoms with E-state index in [1.54, 1.807) is 25.1 Å². The minimum Gasteiger partial charge on any atom is -0.491 e. The predicted octanol–water partition coefficient (Wildman–Crippen LogP) is 2.46. The van der Waals surface area contributed by atoms with Gasteiger partial charge in [0.2, 0.25) is 10.0 Å². The summed E-state index contributed by atoms with van der Waals surface area (Å²) in [6.07, 6.45) is 0.190. The largest absolute Gasteiger partial charge is 0.491 e. The van der Waals surface area contributed by atoms with Gasteiger partial charge >= 0.3 is 0 Å². The molecule has 1 fully saturated rings. The molecule has 6 nitrogen and oxygen atoms in total. The molecule has 0 saturated carbocycles. The molecular weight excluding hydrogens is 393 g/mol. The van der Waals surface area contributed by atoms with E-state index in [-0.39, 0.29) is 41.7 Å². The van der Waals surface area contributed by atoms with Crippen LogP contribution >= 0.6 is 0 Å². The second kappa shape index (κ2) is 7.57. The molecule has 0 radical (unpaired) electrons. The topological polar surface area (TPSA) is 80.8 Å². The SMILES string of the molecule is CCOc1ccc(S(=O)(=O)N2CCC(S(=O)(=O)c3ccccc3)C2)cc1F. The van der Waals surface area contributed by atoms with Gasteiger partial charge in [0.25, 0.3) is 0 Å². The van der Waals surface area contributed by atoms with Gasteiger partial charge in [-0.2, -0.15) is 4.31 Å². The third-order valence-corrected chi connectivity index (χ3v) is 8.51. The van der Waals surface area contributed by atoms with Crippen LogP contribution in [0.4, 0.5) is 4.39 Å². The Labute approximate surface area is 158 Å². The van der Waals surface area contributed by atoms with Crippen LogP contribution < -0.4 is 4.74 Å². The van der Waals surface area contributed by atoms with Crippen molar-refractivity contribution >= 4 is 19.9 Å². The molecule has 146 valence electrons. The molecular formula is C18H20FNO5S2. The first-order valence-electron chi connectivity index (χ1n) is 8.48. The van der Waals surface area contributed by atoms with E-state index in [1.165, 1.54) is 24.3 Å². The van der Waals surface area contributed by atoms with E-state index in [9.17, 15) is 21.2 Å². The normalized spacial score (nSPS) is 18.5. The van der Waals surface area contributed by atoms with Gasteiger partial charge in [0.15, 0.2) is 21.4 Å². The maximum atomic E-state index is 14.0. The third kappa shape index (κ3) is 3.85. The second-order valence-electron chi connectivity index (χ2n) is 6.16. The van der Waals surface area contributed by atoms with Crippen molar-refractivity contribution in [2.75, 3.05) is 19.7 Å². The number of hydrogen-bond acceptors (Lipinski definition) is 5. The lowest BCUT2D eigenvalue weighted by Gasteiger charge is -2.17. The Kier molecular flexibility index (Phi) is 5.55. The number of hydrogen-bond donors (Lipinski definition) is 0. The van der Waals surface area contributed by atoms with Crippen LogP contribution in [-0.4, -0.2) is 46.1 Å². The summed E-state index contributed by atoms with van der Waals surface area (Å²) in [6, 6.07) is 11.4. The predicted molar refractivity (Wildman–Crippen MR) is 98.4 cm³/mol. The Morgan fingerprint density at radius 3 is 2.41 bits per heavy atom. The van der Waals surface area contributed by atoms with E-state index in [0.29, 0.717) is 0 Å². The minimum atomic E-state index is -3.99. The van der Waals surface area contributed by atoms with E-state index in [1.807, 2.05) is 0 Å². The molecule has 2 aromatic carbocycles. The fourth-order valence-electron chi connectivity index (χ4n) is 3.04. The molecule has 0 bridgehead atoms. The first kappa shape index (κ1) is 19.8. The number of sulfone groups is 1. The lowest BCUT2D eigenvalue weighted by Crippen LogP contribution is -2.32. The summed E-state index contributed by atoms with van der Waals surface area (Å²) in [4.78, 5) is -0.0532. The summed E-state index contributed by atoms with van der Waals surface area (Å²) in [5.41, 5.74) is 0. The van der Waals surface area contributed by atoms with Crippen molar-refractivity contribution in [2.45, 2.75) is 28.4 Å². The van der Waals surface area contributed by atoms with Gasteiger partial charge in [0.1, 0.15) is 0 Å². The van der Waals surface area contributed by atoms with E-state index < -0.39 is 30.9 Å². The lowest BCUT2D eigenvalue weighted by molar-refractivity contribution is 0.321. The quantitative estimate of drug-likeness (QED) is 0.727. The molecule has 1 aliphatic heterocycles. The van der Waals surface area contributed by atoms with E-state index in [2.05, 4.69) is 0 Å². The summed E-state index contributed by atoms with van der Waals surface area (Å²) in [7, 11) is -7.63. The standard InChI is InChI=1S/C18H20FNO5S2/c1-2-25-18-9-8-15(12-17(18)19)27(23,24)20-11-10-16(13-20)26(21,22)14-6-4-3-5-7-14/h3-9,12,16H,2,10-11,13H2,1H3. The highest BCUT2D eigenvalue weighted by Gasteiger charge is 2.39. The molecule has 2 aromatic rings. The van der Waals surface area contributed by atoms with Crippen LogP contribution in [0.2, 0.25) is 0 Å². The average molecular weight is 413 g/mol. The Hall–Kier alpha value is -1.97. The zero-order valence-electron chi connectivity index (χ0n) is 14.7. The molecule has 0 spiro atoms. The number of nitrogens with zero attached hydrogens (tertiary/aromatic N) is 1. The van der Waals surface area contributed by atoms with Gasteiger partial charge in [-0.05, 0) is 43.7 Å². The van der Waals surface area contributed by atoms with Crippen LogP contribution in [0.15, 0.2) is 58.3 Å². The van der Waals surface area contributed by atoms with Gasteiger partial charge in [-0.3, -0.25) is 0 Å². The zero-order valence-corrected chi connectivity index (χ0v) is 16.3. The fourth-order valence-corrected chi connectivity index (χ4v) is 6.36. The lowest BCUT2D eigenvalue weighted by atomic mass is 10.3. The van der Waals surface area contributed by atoms with E-state index in [0.717, 1.165) is 10.4 Å². The fraction of sp³-hybridized carbons (Fsp3) is 0.333. The first-order valence-corrected chi connectivity index (χ1v) is 11.5. The summed E-state index contributed by atoms with van der Waals surface area (Å²) in [5, 5.41) is -0.831. The van der Waals surface area contributed by atoms with Crippen molar-refractivity contribution in [1.82, 2.24) is 4.31 Å². The molecule has 0 N–H and O–H groups in total. The van der Waals surface area contributed by atoms with Crippen molar-refractivity contribution in [3.8, 4) is 5.75 Å². The van der Waals surface area contributed by atoms with Crippen molar-refractivity contribution in [3.05, 3.63) is 54.3 Å². The zero-order chi connectivity index (χ0) is 19.7. The third-order valence-electron chi connectivity index (χ3n) is 4.46. The monoisotopic (exact) mass is 413 g/mol. The van der Waals surface area contributed by atoms with Crippen LogP contribution in [0.1, 0.15) is 13.3 Å². The average Bonchev–Trinajstić information content (AvgIpc) is 3.16. The highest BCUT2D eigenvalue weighted by Crippen LogP contribution is 2.29. The second-order valence-corrected chi connectivity index (χ2v) is 10.3. The van der Waals surface area contributed by atoms with Crippen molar-refractivity contribution < 1.29 is 26.0 Å². The van der Waals surface area contributed by atoms with Crippen molar-refractivity contribution in [3.63, 3.8) is 0 Å². The molecule has 0 amide bonds. The Bertz CT molecular complexity index is 1020. The Balaban J connectivity index is 1.83. The molecule has 1 unspecified atom stereocenters. The van der Waals surface area contributed by atoms with Crippen LogP contribution in [0.5, 0.6) is 5.75 Å². The van der Waals surface area contributed by atoms with Gasteiger partial charge < -0.3 is 4.74 Å². The number of rotatable bonds is 6. The molecule has 1 heterocycles. The van der Waals surface area contributed by atoms with Crippen molar-refractivity contribution in [1.29, 1.82) is 0 Å². The molecule has 0 aromatic heterocycles. The number of benzene rings is 2. The maximum Gasteiger partial charge on any atom is 0.243 e. The highest BCUT2D eigenvalue weighted by atomic mass is 32.2. The van der Waals surface area contributed by atoms with Gasteiger partial charge in [0, 0.05) is 13.1 Å². The Morgan fingerprint density at radius 1 is 1.07 bits per heavy atom. The molecule has 1 saturated heterocycles. The van der Waals surface area contributed by atoms with Crippen LogP contribution in [0, 0.1) is 5.82 Å².